The van der Waals surface area contributed by atoms with E-state index in [1.54, 1.807) is 12.1 Å². The zero-order chi connectivity index (χ0) is 20.7. The Labute approximate surface area is 176 Å². The lowest BCUT2D eigenvalue weighted by Crippen LogP contribution is -2.40. The number of hydrogen-bond donors (Lipinski definition) is 2. The van der Waals surface area contributed by atoms with Crippen molar-refractivity contribution in [3.63, 3.8) is 0 Å². The van der Waals surface area contributed by atoms with Crippen molar-refractivity contribution in [3.8, 4) is 11.8 Å². The predicted octanol–water partition coefficient (Wildman–Crippen LogP) is 3.92. The van der Waals surface area contributed by atoms with Gasteiger partial charge in [-0.15, -0.1) is 0 Å². The summed E-state index contributed by atoms with van der Waals surface area (Å²) in [5.74, 6) is 0.737. The van der Waals surface area contributed by atoms with Gasteiger partial charge in [0.2, 0.25) is 0 Å². The fraction of sp³-hybridized carbons (Fsp3) is 0.417. The zero-order valence-electron chi connectivity index (χ0n) is 17.3. The predicted molar refractivity (Wildman–Crippen MR) is 118 cm³/mol. The van der Waals surface area contributed by atoms with Gasteiger partial charge in [-0.2, -0.15) is 5.26 Å². The quantitative estimate of drug-likeness (QED) is 0.693. The molecule has 2 fully saturated rings. The van der Waals surface area contributed by atoms with Gasteiger partial charge in [0.1, 0.15) is 17.5 Å². The SMILES string of the molecule is CN[C@H]1C[C@H](n2cc(C#N)c3ccc(C4CCN(c5ccc(O)cc5)CC4)nc32)C1. The molecule has 1 aliphatic heterocycles. The van der Waals surface area contributed by atoms with Crippen molar-refractivity contribution in [1.82, 2.24) is 14.9 Å². The minimum atomic E-state index is 0.304. The number of aromatic hydroxyl groups is 1. The summed E-state index contributed by atoms with van der Waals surface area (Å²) < 4.78 is 2.23. The summed E-state index contributed by atoms with van der Waals surface area (Å²) in [6, 6.07) is 15.0. The number of aromatic nitrogens is 2. The molecule has 3 aromatic rings. The molecule has 5 rings (SSSR count). The van der Waals surface area contributed by atoms with Gasteiger partial charge in [0, 0.05) is 54.1 Å². The van der Waals surface area contributed by atoms with Crippen molar-refractivity contribution >= 4 is 16.7 Å². The molecule has 6 heteroatoms. The molecule has 0 radical (unpaired) electrons. The maximum Gasteiger partial charge on any atom is 0.141 e. The highest BCUT2D eigenvalue weighted by Crippen LogP contribution is 2.37. The van der Waals surface area contributed by atoms with Crippen molar-refractivity contribution in [1.29, 1.82) is 5.26 Å². The van der Waals surface area contributed by atoms with Crippen LogP contribution in [0.1, 0.15) is 48.9 Å². The highest BCUT2D eigenvalue weighted by atomic mass is 16.3. The Balaban J connectivity index is 1.36. The van der Waals surface area contributed by atoms with E-state index in [1.165, 1.54) is 0 Å². The van der Waals surface area contributed by atoms with Crippen molar-refractivity contribution in [3.05, 3.63) is 53.9 Å². The maximum atomic E-state index is 9.57. The maximum absolute atomic E-state index is 9.57. The van der Waals surface area contributed by atoms with Crippen molar-refractivity contribution < 1.29 is 5.11 Å². The van der Waals surface area contributed by atoms with Crippen LogP contribution in [0.15, 0.2) is 42.6 Å². The summed E-state index contributed by atoms with van der Waals surface area (Å²) in [6.07, 6.45) is 6.27. The number of pyridine rings is 1. The molecule has 2 N–H and O–H groups in total. The third kappa shape index (κ3) is 3.29. The van der Waals surface area contributed by atoms with Gasteiger partial charge >= 0.3 is 0 Å². The largest absolute Gasteiger partial charge is 0.508 e. The first-order valence-electron chi connectivity index (χ1n) is 10.8. The van der Waals surface area contributed by atoms with E-state index in [2.05, 4.69) is 33.0 Å². The molecule has 2 aromatic heterocycles. The molecule has 1 saturated heterocycles. The van der Waals surface area contributed by atoms with E-state index in [0.29, 0.717) is 23.8 Å². The molecule has 154 valence electrons. The zero-order valence-corrected chi connectivity index (χ0v) is 17.3. The summed E-state index contributed by atoms with van der Waals surface area (Å²) in [5, 5.41) is 23.4. The standard InChI is InChI=1S/C24H27N5O/c1-26-18-12-20(13-18)29-15-17(14-25)22-6-7-23(27-24(22)29)16-8-10-28(11-9-16)19-2-4-21(30)5-3-19/h2-7,15-16,18,20,26,30H,8-13H2,1H3/t18-,20-. The Morgan fingerprint density at radius 1 is 1.10 bits per heavy atom. The monoisotopic (exact) mass is 401 g/mol. The lowest BCUT2D eigenvalue weighted by molar-refractivity contribution is 0.240. The van der Waals surface area contributed by atoms with Crippen molar-refractivity contribution in [2.75, 3.05) is 25.0 Å². The van der Waals surface area contributed by atoms with Crippen LogP contribution in [-0.4, -0.2) is 40.8 Å². The molecular formula is C24H27N5O. The van der Waals surface area contributed by atoms with Gasteiger partial charge in [-0.1, -0.05) is 0 Å². The molecule has 0 unspecified atom stereocenters. The number of hydrogen-bond acceptors (Lipinski definition) is 5. The summed E-state index contributed by atoms with van der Waals surface area (Å²) >= 11 is 0. The van der Waals surface area contributed by atoms with Gasteiger partial charge in [-0.05, 0) is 69.1 Å². The lowest BCUT2D eigenvalue weighted by atomic mass is 9.87. The smallest absolute Gasteiger partial charge is 0.141 e. The van der Waals surface area contributed by atoms with Gasteiger partial charge in [-0.3, -0.25) is 0 Å². The van der Waals surface area contributed by atoms with Crippen LogP contribution in [0.2, 0.25) is 0 Å². The molecule has 0 amide bonds. The number of fused-ring (bicyclic) bond motifs is 1. The van der Waals surface area contributed by atoms with Gasteiger partial charge < -0.3 is 19.9 Å². The van der Waals surface area contributed by atoms with Crippen LogP contribution < -0.4 is 10.2 Å². The molecule has 1 aromatic carbocycles. The van der Waals surface area contributed by atoms with E-state index in [4.69, 9.17) is 4.98 Å². The van der Waals surface area contributed by atoms with E-state index < -0.39 is 0 Å². The third-order valence-corrected chi connectivity index (χ3v) is 6.86. The lowest BCUT2D eigenvalue weighted by Gasteiger charge is -2.36. The van der Waals surface area contributed by atoms with E-state index in [-0.39, 0.29) is 0 Å². The number of nitrogens with one attached hydrogen (secondary N) is 1. The molecule has 1 saturated carbocycles. The molecule has 0 spiro atoms. The summed E-state index contributed by atoms with van der Waals surface area (Å²) in [5.41, 5.74) is 3.98. The number of rotatable bonds is 4. The minimum absolute atomic E-state index is 0.304. The topological polar surface area (TPSA) is 77.1 Å². The number of benzene rings is 1. The number of piperidine rings is 1. The number of anilines is 1. The van der Waals surface area contributed by atoms with Crippen molar-refractivity contribution in [2.45, 2.75) is 43.7 Å². The second-order valence-corrected chi connectivity index (χ2v) is 8.56. The van der Waals surface area contributed by atoms with E-state index in [1.807, 2.05) is 25.4 Å². The number of nitrogens with zero attached hydrogens (tertiary/aromatic N) is 4. The average Bonchev–Trinajstić information content (AvgIpc) is 3.11. The highest BCUT2D eigenvalue weighted by molar-refractivity contribution is 5.83. The molecule has 0 bridgehead atoms. The second-order valence-electron chi connectivity index (χ2n) is 8.56. The summed E-state index contributed by atoms with van der Waals surface area (Å²) in [7, 11) is 2.01. The minimum Gasteiger partial charge on any atom is -0.508 e. The average molecular weight is 402 g/mol. The first-order valence-corrected chi connectivity index (χ1v) is 10.8. The highest BCUT2D eigenvalue weighted by Gasteiger charge is 2.31. The van der Waals surface area contributed by atoms with Gasteiger partial charge in [0.25, 0.3) is 0 Å². The Hall–Kier alpha value is -3.04. The Bertz CT molecular complexity index is 1080. The first kappa shape index (κ1) is 19.0. The van der Waals surface area contributed by atoms with Crippen LogP contribution in [0, 0.1) is 11.3 Å². The molecule has 0 atom stereocenters. The van der Waals surface area contributed by atoms with Gasteiger partial charge in [0.15, 0.2) is 0 Å². The molecule has 2 aliphatic rings. The molecule has 30 heavy (non-hydrogen) atoms. The van der Waals surface area contributed by atoms with E-state index in [9.17, 15) is 10.4 Å². The Morgan fingerprint density at radius 3 is 2.50 bits per heavy atom. The molecule has 1 aliphatic carbocycles. The third-order valence-electron chi connectivity index (χ3n) is 6.86. The Morgan fingerprint density at radius 2 is 1.83 bits per heavy atom. The van der Waals surface area contributed by atoms with Gasteiger partial charge in [-0.25, -0.2) is 4.98 Å². The van der Waals surface area contributed by atoms with Crippen LogP contribution in [0.5, 0.6) is 5.75 Å². The molecular weight excluding hydrogens is 374 g/mol. The number of nitriles is 1. The van der Waals surface area contributed by atoms with Crippen LogP contribution >= 0.6 is 0 Å². The number of phenolic OH excluding ortho intramolecular Hbond substituents is 1. The fourth-order valence-electron chi connectivity index (χ4n) is 4.88. The summed E-state index contributed by atoms with van der Waals surface area (Å²) in [6.45, 7) is 1.96. The van der Waals surface area contributed by atoms with Crippen LogP contribution in [0.4, 0.5) is 5.69 Å². The number of phenols is 1. The second kappa shape index (κ2) is 7.66. The molecule has 6 nitrogen and oxygen atoms in total. The van der Waals surface area contributed by atoms with E-state index >= 15 is 0 Å². The van der Waals surface area contributed by atoms with Crippen molar-refractivity contribution in [2.24, 2.45) is 0 Å². The van der Waals surface area contributed by atoms with Crippen LogP contribution in [-0.2, 0) is 0 Å². The fourth-order valence-corrected chi connectivity index (χ4v) is 4.88. The normalized spacial score (nSPS) is 22.1. The van der Waals surface area contributed by atoms with Crippen LogP contribution in [0.25, 0.3) is 11.0 Å². The first-order chi connectivity index (χ1) is 14.7. The van der Waals surface area contributed by atoms with E-state index in [0.717, 1.165) is 66.8 Å². The van der Waals surface area contributed by atoms with Gasteiger partial charge in [0.05, 0.1) is 5.56 Å². The Kier molecular flexibility index (Phi) is 4.84. The summed E-state index contributed by atoms with van der Waals surface area (Å²) in [4.78, 5) is 7.44. The molecule has 3 heterocycles. The van der Waals surface area contributed by atoms with Crippen LogP contribution in [0.3, 0.4) is 0 Å².